The van der Waals surface area contributed by atoms with Crippen LogP contribution in [0.1, 0.15) is 36.2 Å². The van der Waals surface area contributed by atoms with Gasteiger partial charge < -0.3 is 15.2 Å². The summed E-state index contributed by atoms with van der Waals surface area (Å²) in [6, 6.07) is 5.19. The Morgan fingerprint density at radius 2 is 2.26 bits per heavy atom. The zero-order valence-corrected chi connectivity index (χ0v) is 11.5. The maximum Gasteiger partial charge on any atom is 0.251 e. The molecule has 0 heterocycles. The second-order valence-electron chi connectivity index (χ2n) is 4.16. The molecule has 19 heavy (non-hydrogen) atoms. The first kappa shape index (κ1) is 15.1. The first-order valence-electron chi connectivity index (χ1n) is 6.21. The minimum Gasteiger partial charge on any atom is -0.495 e. The van der Waals surface area contributed by atoms with Crippen molar-refractivity contribution in [3.8, 4) is 17.6 Å². The van der Waals surface area contributed by atoms with E-state index in [4.69, 9.17) is 9.84 Å². The predicted octanol–water partition coefficient (Wildman–Crippen LogP) is 1.57. The third kappa shape index (κ3) is 4.31. The fourth-order valence-electron chi connectivity index (χ4n) is 1.49. The van der Waals surface area contributed by atoms with Gasteiger partial charge in [0.25, 0.3) is 5.91 Å². The maximum absolute atomic E-state index is 12.0. The number of nitrogens with one attached hydrogen (secondary N) is 1. The molecular formula is C15H19NO3. The summed E-state index contributed by atoms with van der Waals surface area (Å²) >= 11 is 0. The number of rotatable bonds is 4. The highest BCUT2D eigenvalue weighted by atomic mass is 16.5. The quantitative estimate of drug-likeness (QED) is 0.809. The first-order valence-corrected chi connectivity index (χ1v) is 6.21. The van der Waals surface area contributed by atoms with Gasteiger partial charge in [-0.1, -0.05) is 18.8 Å². The first-order chi connectivity index (χ1) is 9.12. The molecule has 0 aliphatic heterocycles. The van der Waals surface area contributed by atoms with Crippen molar-refractivity contribution in [2.45, 2.75) is 26.3 Å². The lowest BCUT2D eigenvalue weighted by Gasteiger charge is -2.12. The van der Waals surface area contributed by atoms with E-state index in [9.17, 15) is 4.79 Å². The fraction of sp³-hybridized carbons (Fsp3) is 0.400. The van der Waals surface area contributed by atoms with Crippen molar-refractivity contribution in [3.63, 3.8) is 0 Å². The summed E-state index contributed by atoms with van der Waals surface area (Å²) in [7, 11) is 1.54. The third-order valence-electron chi connectivity index (χ3n) is 2.75. The third-order valence-corrected chi connectivity index (χ3v) is 2.75. The number of carbonyl (C=O) groups is 1. The molecule has 0 saturated carbocycles. The number of methoxy groups -OCH3 is 1. The van der Waals surface area contributed by atoms with Crippen LogP contribution in [0.5, 0.6) is 5.75 Å². The molecule has 0 aliphatic carbocycles. The summed E-state index contributed by atoms with van der Waals surface area (Å²) in [5, 5.41) is 11.6. The molecule has 1 rings (SSSR count). The van der Waals surface area contributed by atoms with Gasteiger partial charge in [-0.3, -0.25) is 4.79 Å². The van der Waals surface area contributed by atoms with E-state index < -0.39 is 0 Å². The van der Waals surface area contributed by atoms with Crippen molar-refractivity contribution in [1.82, 2.24) is 5.32 Å². The van der Waals surface area contributed by atoms with Crippen LogP contribution in [-0.2, 0) is 0 Å². The van der Waals surface area contributed by atoms with Crippen LogP contribution in [0.25, 0.3) is 0 Å². The van der Waals surface area contributed by atoms with Crippen molar-refractivity contribution in [3.05, 3.63) is 29.3 Å². The lowest BCUT2D eigenvalue weighted by molar-refractivity contribution is 0.0939. The van der Waals surface area contributed by atoms with E-state index in [2.05, 4.69) is 17.2 Å². The van der Waals surface area contributed by atoms with Crippen molar-refractivity contribution in [2.75, 3.05) is 13.7 Å². The average Bonchev–Trinajstić information content (AvgIpc) is 2.44. The summed E-state index contributed by atoms with van der Waals surface area (Å²) in [4.78, 5) is 12.0. The molecule has 1 aromatic rings. The minimum absolute atomic E-state index is 0.126. The minimum atomic E-state index is -0.230. The van der Waals surface area contributed by atoms with Crippen molar-refractivity contribution < 1.29 is 14.6 Å². The maximum atomic E-state index is 12.0. The highest BCUT2D eigenvalue weighted by Gasteiger charge is 2.10. The molecule has 0 bridgehead atoms. The smallest absolute Gasteiger partial charge is 0.251 e. The summed E-state index contributed by atoms with van der Waals surface area (Å²) in [6.45, 7) is 3.73. The number of benzene rings is 1. The zero-order valence-electron chi connectivity index (χ0n) is 11.5. The molecule has 1 amide bonds. The number of aliphatic hydroxyl groups excluding tert-OH is 1. The topological polar surface area (TPSA) is 58.6 Å². The molecule has 4 heteroatoms. The standard InChI is InChI=1S/C15H19NO3/c1-4-11(2)16-15(18)13-7-8-14(19-3)12(10-13)6-5-9-17/h7-8,10-11,17H,4,9H2,1-3H3,(H,16,18). The van der Waals surface area contributed by atoms with Gasteiger partial charge in [-0.25, -0.2) is 0 Å². The molecule has 1 unspecified atom stereocenters. The van der Waals surface area contributed by atoms with Crippen LogP contribution in [-0.4, -0.2) is 30.8 Å². The molecule has 0 radical (unpaired) electrons. The Morgan fingerprint density at radius 3 is 2.84 bits per heavy atom. The van der Waals surface area contributed by atoms with Crippen LogP contribution in [0, 0.1) is 11.8 Å². The molecule has 0 saturated heterocycles. The van der Waals surface area contributed by atoms with E-state index in [0.717, 1.165) is 6.42 Å². The van der Waals surface area contributed by atoms with Crippen LogP contribution in [0.3, 0.4) is 0 Å². The van der Waals surface area contributed by atoms with Gasteiger partial charge in [0, 0.05) is 11.6 Å². The molecule has 4 nitrogen and oxygen atoms in total. The molecule has 2 N–H and O–H groups in total. The molecule has 0 aliphatic rings. The number of aliphatic hydroxyl groups is 1. The van der Waals surface area contributed by atoms with E-state index in [0.29, 0.717) is 16.9 Å². The fourth-order valence-corrected chi connectivity index (χ4v) is 1.49. The monoisotopic (exact) mass is 261 g/mol. The van der Waals surface area contributed by atoms with Crippen molar-refractivity contribution in [1.29, 1.82) is 0 Å². The van der Waals surface area contributed by atoms with E-state index in [-0.39, 0.29) is 18.6 Å². The summed E-state index contributed by atoms with van der Waals surface area (Å²) in [5.41, 5.74) is 1.12. The second-order valence-corrected chi connectivity index (χ2v) is 4.16. The largest absolute Gasteiger partial charge is 0.495 e. The van der Waals surface area contributed by atoms with Crippen LogP contribution in [0.2, 0.25) is 0 Å². The molecule has 0 aromatic heterocycles. The highest BCUT2D eigenvalue weighted by molar-refractivity contribution is 5.95. The Bertz CT molecular complexity index is 500. The Kier molecular flexibility index (Phi) is 5.91. The van der Waals surface area contributed by atoms with Gasteiger partial charge in [-0.15, -0.1) is 0 Å². The SMILES string of the molecule is CCC(C)NC(=O)c1ccc(OC)c(C#CCO)c1. The van der Waals surface area contributed by atoms with E-state index >= 15 is 0 Å². The van der Waals surface area contributed by atoms with Crippen LogP contribution >= 0.6 is 0 Å². The van der Waals surface area contributed by atoms with E-state index in [1.807, 2.05) is 13.8 Å². The summed E-state index contributed by atoms with van der Waals surface area (Å²) in [5.74, 6) is 5.77. The van der Waals surface area contributed by atoms with Gasteiger partial charge in [0.15, 0.2) is 0 Å². The van der Waals surface area contributed by atoms with E-state index in [1.165, 1.54) is 0 Å². The van der Waals surface area contributed by atoms with Gasteiger partial charge >= 0.3 is 0 Å². The average molecular weight is 261 g/mol. The number of hydrogen-bond acceptors (Lipinski definition) is 3. The Hall–Kier alpha value is -1.99. The summed E-state index contributed by atoms with van der Waals surface area (Å²) in [6.07, 6.45) is 0.874. The Labute approximate surface area is 113 Å². The number of amides is 1. The Morgan fingerprint density at radius 1 is 1.53 bits per heavy atom. The van der Waals surface area contributed by atoms with E-state index in [1.54, 1.807) is 25.3 Å². The van der Waals surface area contributed by atoms with Crippen molar-refractivity contribution in [2.24, 2.45) is 0 Å². The Balaban J connectivity index is 3.00. The molecule has 0 spiro atoms. The number of carbonyl (C=O) groups excluding carboxylic acids is 1. The highest BCUT2D eigenvalue weighted by Crippen LogP contribution is 2.19. The molecule has 1 atom stereocenters. The van der Waals surface area contributed by atoms with Gasteiger partial charge in [0.05, 0.1) is 12.7 Å². The van der Waals surface area contributed by atoms with Gasteiger partial charge in [-0.2, -0.15) is 0 Å². The predicted molar refractivity (Wildman–Crippen MR) is 74.2 cm³/mol. The lowest BCUT2D eigenvalue weighted by atomic mass is 10.1. The van der Waals surface area contributed by atoms with Crippen LogP contribution in [0.4, 0.5) is 0 Å². The lowest BCUT2D eigenvalue weighted by Crippen LogP contribution is -2.31. The van der Waals surface area contributed by atoms with Gasteiger partial charge in [-0.05, 0) is 31.5 Å². The van der Waals surface area contributed by atoms with Crippen LogP contribution in [0.15, 0.2) is 18.2 Å². The normalized spacial score (nSPS) is 11.2. The molecule has 0 fully saturated rings. The second kappa shape index (κ2) is 7.45. The molecule has 102 valence electrons. The van der Waals surface area contributed by atoms with Crippen LogP contribution < -0.4 is 10.1 Å². The summed E-state index contributed by atoms with van der Waals surface area (Å²) < 4.78 is 5.16. The van der Waals surface area contributed by atoms with Gasteiger partial charge in [0.1, 0.15) is 12.4 Å². The van der Waals surface area contributed by atoms with Crippen molar-refractivity contribution >= 4 is 5.91 Å². The molecule has 1 aromatic carbocycles. The molecular weight excluding hydrogens is 242 g/mol. The number of hydrogen-bond donors (Lipinski definition) is 2. The zero-order chi connectivity index (χ0) is 14.3. The number of ether oxygens (including phenoxy) is 1. The van der Waals surface area contributed by atoms with Gasteiger partial charge in [0.2, 0.25) is 0 Å².